The van der Waals surface area contributed by atoms with E-state index >= 15 is 0 Å². The second-order valence-electron chi connectivity index (χ2n) is 4.12. The van der Waals surface area contributed by atoms with Crippen molar-refractivity contribution in [3.8, 4) is 0 Å². The lowest BCUT2D eigenvalue weighted by Crippen LogP contribution is -2.25. The van der Waals surface area contributed by atoms with Crippen molar-refractivity contribution in [3.05, 3.63) is 38.9 Å². The number of benzene rings is 1. The van der Waals surface area contributed by atoms with E-state index in [1.54, 1.807) is 0 Å². The van der Waals surface area contributed by atoms with E-state index in [0.29, 0.717) is 26.2 Å². The number of hydrogen-bond donors (Lipinski definition) is 1. The van der Waals surface area contributed by atoms with Crippen LogP contribution in [0.15, 0.2) is 18.2 Å². The summed E-state index contributed by atoms with van der Waals surface area (Å²) in [6.07, 6.45) is 1.63. The van der Waals surface area contributed by atoms with Crippen LogP contribution in [0.1, 0.15) is 30.1 Å². The average molecular weight is 301 g/mol. The molecule has 1 rings (SSSR count). The van der Waals surface area contributed by atoms with E-state index in [1.165, 1.54) is 18.2 Å². The van der Waals surface area contributed by atoms with Crippen molar-refractivity contribution in [3.63, 3.8) is 0 Å². The molecule has 0 radical (unpaired) electrons. The Balaban J connectivity index is 2.52. The fourth-order valence-corrected chi connectivity index (χ4v) is 1.83. The Morgan fingerprint density at radius 1 is 1.45 bits per heavy atom. The minimum Gasteiger partial charge on any atom is -0.381 e. The molecule has 1 N–H and O–H groups in total. The lowest BCUT2D eigenvalue weighted by atomic mass is 10.2. The Kier molecular flexibility index (Phi) is 6.97. The monoisotopic (exact) mass is 300 g/mol. The number of amides is 1. The maximum atomic E-state index is 11.9. The largest absolute Gasteiger partial charge is 0.381 e. The van der Waals surface area contributed by atoms with Gasteiger partial charge in [0.05, 0.1) is 10.5 Å². The van der Waals surface area contributed by atoms with Gasteiger partial charge in [0.1, 0.15) is 5.02 Å². The fourth-order valence-electron chi connectivity index (χ4n) is 1.55. The van der Waals surface area contributed by atoms with Crippen LogP contribution in [-0.2, 0) is 4.74 Å². The number of rotatable bonds is 8. The number of nitrogens with one attached hydrogen (secondary N) is 1. The molecular formula is C13H17ClN2O4. The Labute approximate surface area is 122 Å². The Morgan fingerprint density at radius 2 is 2.20 bits per heavy atom. The van der Waals surface area contributed by atoms with Gasteiger partial charge in [-0.3, -0.25) is 14.9 Å². The molecule has 7 heteroatoms. The zero-order valence-corrected chi connectivity index (χ0v) is 12.0. The summed E-state index contributed by atoms with van der Waals surface area (Å²) in [5, 5.41) is 13.2. The topological polar surface area (TPSA) is 81.5 Å². The predicted octanol–water partition coefficient (Wildman–Crippen LogP) is 2.79. The van der Waals surface area contributed by atoms with E-state index in [4.69, 9.17) is 16.3 Å². The number of halogens is 1. The summed E-state index contributed by atoms with van der Waals surface area (Å²) in [6.45, 7) is 3.72. The van der Waals surface area contributed by atoms with Crippen molar-refractivity contribution >= 4 is 23.2 Å². The van der Waals surface area contributed by atoms with E-state index < -0.39 is 10.8 Å². The molecule has 1 aromatic carbocycles. The number of nitro groups is 1. The normalized spacial score (nSPS) is 10.3. The van der Waals surface area contributed by atoms with Gasteiger partial charge in [0.25, 0.3) is 11.6 Å². The quantitative estimate of drug-likeness (QED) is 0.455. The van der Waals surface area contributed by atoms with Gasteiger partial charge < -0.3 is 10.1 Å². The molecule has 0 saturated heterocycles. The van der Waals surface area contributed by atoms with Crippen molar-refractivity contribution in [1.82, 2.24) is 5.32 Å². The van der Waals surface area contributed by atoms with E-state index in [0.717, 1.165) is 6.42 Å². The molecule has 1 amide bonds. The van der Waals surface area contributed by atoms with Crippen LogP contribution < -0.4 is 5.32 Å². The smallest absolute Gasteiger partial charge is 0.288 e. The summed E-state index contributed by atoms with van der Waals surface area (Å²) < 4.78 is 5.28. The van der Waals surface area contributed by atoms with E-state index in [-0.39, 0.29) is 16.3 Å². The summed E-state index contributed by atoms with van der Waals surface area (Å²) >= 11 is 5.85. The lowest BCUT2D eigenvalue weighted by Gasteiger charge is -2.07. The van der Waals surface area contributed by atoms with Gasteiger partial charge >= 0.3 is 0 Å². The van der Waals surface area contributed by atoms with Crippen LogP contribution in [0.25, 0.3) is 0 Å². The first-order valence-corrected chi connectivity index (χ1v) is 6.74. The third-order valence-corrected chi connectivity index (χ3v) is 2.92. The predicted molar refractivity (Wildman–Crippen MR) is 76.2 cm³/mol. The fraction of sp³-hybridized carbons (Fsp3) is 0.462. The molecular weight excluding hydrogens is 284 g/mol. The molecule has 0 fully saturated rings. The third kappa shape index (κ3) is 4.79. The highest BCUT2D eigenvalue weighted by Crippen LogP contribution is 2.27. The molecule has 0 atom stereocenters. The van der Waals surface area contributed by atoms with Gasteiger partial charge in [0.2, 0.25) is 0 Å². The second-order valence-corrected chi connectivity index (χ2v) is 4.50. The SMILES string of the molecule is CCCOCCCNC(=O)c1cccc([N+](=O)[O-])c1Cl. The van der Waals surface area contributed by atoms with Gasteiger partial charge in [-0.15, -0.1) is 0 Å². The summed E-state index contributed by atoms with van der Waals surface area (Å²) in [4.78, 5) is 22.0. The van der Waals surface area contributed by atoms with Crippen LogP contribution in [0, 0.1) is 10.1 Å². The highest BCUT2D eigenvalue weighted by atomic mass is 35.5. The number of ether oxygens (including phenoxy) is 1. The molecule has 110 valence electrons. The van der Waals surface area contributed by atoms with Crippen LogP contribution >= 0.6 is 11.6 Å². The minimum atomic E-state index is -0.613. The summed E-state index contributed by atoms with van der Waals surface area (Å²) in [5.41, 5.74) is -0.166. The zero-order chi connectivity index (χ0) is 15.0. The summed E-state index contributed by atoms with van der Waals surface area (Å²) in [7, 11) is 0. The molecule has 0 bridgehead atoms. The van der Waals surface area contributed by atoms with Crippen LogP contribution in [-0.4, -0.2) is 30.6 Å². The molecule has 0 aliphatic carbocycles. The Bertz CT molecular complexity index is 479. The highest BCUT2D eigenvalue weighted by molar-refractivity contribution is 6.35. The first-order chi connectivity index (χ1) is 9.57. The number of hydrogen-bond acceptors (Lipinski definition) is 4. The van der Waals surface area contributed by atoms with Gasteiger partial charge in [0, 0.05) is 25.8 Å². The standard InChI is InChI=1S/C13H17ClN2O4/c1-2-8-20-9-4-7-15-13(17)10-5-3-6-11(12(10)14)16(18)19/h3,5-6H,2,4,7-9H2,1H3,(H,15,17). The van der Waals surface area contributed by atoms with Crippen LogP contribution in [0.2, 0.25) is 5.02 Å². The van der Waals surface area contributed by atoms with Crippen LogP contribution in [0.4, 0.5) is 5.69 Å². The van der Waals surface area contributed by atoms with Crippen molar-refractivity contribution < 1.29 is 14.5 Å². The molecule has 6 nitrogen and oxygen atoms in total. The Morgan fingerprint density at radius 3 is 2.85 bits per heavy atom. The van der Waals surface area contributed by atoms with E-state index in [1.807, 2.05) is 6.92 Å². The molecule has 0 aromatic heterocycles. The molecule has 0 spiro atoms. The third-order valence-electron chi connectivity index (χ3n) is 2.52. The number of nitrogens with zero attached hydrogens (tertiary/aromatic N) is 1. The molecule has 0 unspecified atom stereocenters. The first-order valence-electron chi connectivity index (χ1n) is 6.36. The number of carbonyl (C=O) groups excluding carboxylic acids is 1. The first kappa shape index (κ1) is 16.4. The summed E-state index contributed by atoms with van der Waals surface area (Å²) in [5.74, 6) is -0.422. The Hall–Kier alpha value is -1.66. The van der Waals surface area contributed by atoms with Crippen LogP contribution in [0.5, 0.6) is 0 Å². The zero-order valence-electron chi connectivity index (χ0n) is 11.2. The van der Waals surface area contributed by atoms with Gasteiger partial charge in [-0.25, -0.2) is 0 Å². The van der Waals surface area contributed by atoms with Crippen molar-refractivity contribution in [2.75, 3.05) is 19.8 Å². The number of nitro benzene ring substituents is 1. The van der Waals surface area contributed by atoms with Crippen LogP contribution in [0.3, 0.4) is 0 Å². The minimum absolute atomic E-state index is 0.107. The van der Waals surface area contributed by atoms with Crippen molar-refractivity contribution in [2.24, 2.45) is 0 Å². The van der Waals surface area contributed by atoms with Gasteiger partial charge in [0.15, 0.2) is 0 Å². The maximum Gasteiger partial charge on any atom is 0.288 e. The molecule has 1 aromatic rings. The average Bonchev–Trinajstić information content (AvgIpc) is 2.42. The van der Waals surface area contributed by atoms with Gasteiger partial charge in [-0.05, 0) is 18.9 Å². The molecule has 0 aliphatic heterocycles. The maximum absolute atomic E-state index is 11.9. The van der Waals surface area contributed by atoms with E-state index in [9.17, 15) is 14.9 Å². The molecule has 0 heterocycles. The summed E-state index contributed by atoms with van der Waals surface area (Å²) in [6, 6.07) is 4.15. The lowest BCUT2D eigenvalue weighted by molar-refractivity contribution is -0.384. The second kappa shape index (κ2) is 8.50. The van der Waals surface area contributed by atoms with Crippen molar-refractivity contribution in [2.45, 2.75) is 19.8 Å². The number of carbonyl (C=O) groups is 1. The van der Waals surface area contributed by atoms with Gasteiger partial charge in [-0.1, -0.05) is 24.6 Å². The molecule has 20 heavy (non-hydrogen) atoms. The van der Waals surface area contributed by atoms with Crippen molar-refractivity contribution in [1.29, 1.82) is 0 Å². The molecule has 0 aliphatic rings. The van der Waals surface area contributed by atoms with E-state index in [2.05, 4.69) is 5.32 Å². The highest BCUT2D eigenvalue weighted by Gasteiger charge is 2.19. The molecule has 0 saturated carbocycles. The van der Waals surface area contributed by atoms with Gasteiger partial charge in [-0.2, -0.15) is 0 Å².